The molecule has 6 nitrogen and oxygen atoms in total. The van der Waals surface area contributed by atoms with Crippen LogP contribution in [0, 0.1) is 0 Å². The maximum absolute atomic E-state index is 11.0. The average molecular weight is 277 g/mol. The third-order valence-corrected chi connectivity index (χ3v) is 2.62. The summed E-state index contributed by atoms with van der Waals surface area (Å²) in [5.74, 6) is 1.67. The summed E-state index contributed by atoms with van der Waals surface area (Å²) in [4.78, 5) is 11.0. The van der Waals surface area contributed by atoms with Crippen LogP contribution in [0.3, 0.4) is 0 Å². The van der Waals surface area contributed by atoms with Gasteiger partial charge in [0.15, 0.2) is 12.0 Å². The van der Waals surface area contributed by atoms with E-state index >= 15 is 0 Å². The fraction of sp³-hybridized carbons (Fsp3) is 0.286. The highest BCUT2D eigenvalue weighted by atomic mass is 16.5. The molecule has 0 fully saturated rings. The molecule has 106 valence electrons. The van der Waals surface area contributed by atoms with E-state index in [9.17, 15) is 4.79 Å². The lowest BCUT2D eigenvalue weighted by molar-refractivity contribution is 0.111. The summed E-state index contributed by atoms with van der Waals surface area (Å²) in [6, 6.07) is 6.73. The monoisotopic (exact) mass is 277 g/mol. The fourth-order valence-corrected chi connectivity index (χ4v) is 1.65. The van der Waals surface area contributed by atoms with Crippen LogP contribution in [0.2, 0.25) is 0 Å². The molecule has 0 saturated heterocycles. The Morgan fingerprint density at radius 3 is 2.80 bits per heavy atom. The van der Waals surface area contributed by atoms with Crippen molar-refractivity contribution in [1.29, 1.82) is 0 Å². The van der Waals surface area contributed by atoms with Gasteiger partial charge < -0.3 is 18.7 Å². The van der Waals surface area contributed by atoms with E-state index in [-0.39, 0.29) is 6.61 Å². The topological polar surface area (TPSA) is 70.8 Å². The highest BCUT2D eigenvalue weighted by molar-refractivity contribution is 5.79. The molecule has 1 aromatic carbocycles. The zero-order valence-corrected chi connectivity index (χ0v) is 11.3. The predicted molar refractivity (Wildman–Crippen MR) is 69.9 cm³/mol. The molecule has 20 heavy (non-hydrogen) atoms. The number of aromatic nitrogens is 1. The summed E-state index contributed by atoms with van der Waals surface area (Å²) in [6.07, 6.45) is 0.730. The zero-order chi connectivity index (χ0) is 14.4. The molecule has 0 unspecified atom stereocenters. The first-order chi connectivity index (χ1) is 9.76. The van der Waals surface area contributed by atoms with Crippen LogP contribution in [0.4, 0.5) is 0 Å². The van der Waals surface area contributed by atoms with Crippen LogP contribution >= 0.6 is 0 Å². The lowest BCUT2D eigenvalue weighted by atomic mass is 10.2. The van der Waals surface area contributed by atoms with E-state index in [4.69, 9.17) is 18.7 Å². The number of carbonyl (C=O) groups excluding carboxylic acids is 1. The molecule has 1 heterocycles. The minimum Gasteiger partial charge on any atom is -0.497 e. The number of ether oxygens (including phenoxy) is 3. The number of benzene rings is 1. The van der Waals surface area contributed by atoms with E-state index in [1.165, 1.54) is 0 Å². The van der Waals surface area contributed by atoms with Crippen LogP contribution in [0.1, 0.15) is 21.8 Å². The van der Waals surface area contributed by atoms with Gasteiger partial charge in [0.1, 0.15) is 30.4 Å². The molecular formula is C14H15NO5. The predicted octanol–water partition coefficient (Wildman–Crippen LogP) is 2.22. The number of rotatable bonds is 7. The van der Waals surface area contributed by atoms with Crippen molar-refractivity contribution < 1.29 is 23.5 Å². The van der Waals surface area contributed by atoms with Crippen molar-refractivity contribution in [3.63, 3.8) is 0 Å². The van der Waals surface area contributed by atoms with Crippen molar-refractivity contribution in [2.24, 2.45) is 0 Å². The molecule has 0 bridgehead atoms. The van der Waals surface area contributed by atoms with Crippen LogP contribution < -0.4 is 9.47 Å². The summed E-state index contributed by atoms with van der Waals surface area (Å²) in [5.41, 5.74) is 1.07. The molecule has 0 spiro atoms. The highest BCUT2D eigenvalue weighted by Crippen LogP contribution is 2.24. The second-order valence-electron chi connectivity index (χ2n) is 4.03. The first kappa shape index (κ1) is 14.1. The van der Waals surface area contributed by atoms with Gasteiger partial charge in [-0.25, -0.2) is 0 Å². The Labute approximate surface area is 116 Å². The van der Waals surface area contributed by atoms with Crippen LogP contribution in [0.5, 0.6) is 11.5 Å². The van der Waals surface area contributed by atoms with Crippen LogP contribution in [-0.2, 0) is 18.0 Å². The van der Waals surface area contributed by atoms with Gasteiger partial charge in [-0.2, -0.15) is 0 Å². The van der Waals surface area contributed by atoms with Gasteiger partial charge in [-0.1, -0.05) is 5.16 Å². The molecule has 2 rings (SSSR count). The van der Waals surface area contributed by atoms with Crippen molar-refractivity contribution in [3.05, 3.63) is 41.3 Å². The molecule has 0 saturated carbocycles. The number of nitrogens with zero attached hydrogens (tertiary/aromatic N) is 1. The van der Waals surface area contributed by atoms with Gasteiger partial charge in [-0.3, -0.25) is 4.79 Å². The van der Waals surface area contributed by atoms with Crippen molar-refractivity contribution in [3.8, 4) is 11.5 Å². The van der Waals surface area contributed by atoms with Crippen LogP contribution in [-0.4, -0.2) is 25.7 Å². The molecule has 0 aliphatic carbocycles. The van der Waals surface area contributed by atoms with E-state index in [2.05, 4.69) is 5.16 Å². The summed E-state index contributed by atoms with van der Waals surface area (Å²) in [7, 11) is 3.12. The van der Waals surface area contributed by atoms with Gasteiger partial charge in [0.25, 0.3) is 0 Å². The molecule has 0 atom stereocenters. The first-order valence-electron chi connectivity index (χ1n) is 5.96. The SMILES string of the molecule is COCc1cc(COc2cc(OC)ccc2C=O)no1. The average Bonchev–Trinajstić information content (AvgIpc) is 2.93. The summed E-state index contributed by atoms with van der Waals surface area (Å²) in [6.45, 7) is 0.549. The minimum atomic E-state index is 0.196. The quantitative estimate of drug-likeness (QED) is 0.723. The zero-order valence-electron chi connectivity index (χ0n) is 11.3. The molecule has 0 radical (unpaired) electrons. The van der Waals surface area contributed by atoms with E-state index in [0.717, 1.165) is 6.29 Å². The van der Waals surface area contributed by atoms with Gasteiger partial charge in [0, 0.05) is 19.2 Å². The normalized spacial score (nSPS) is 10.3. The van der Waals surface area contributed by atoms with E-state index in [1.54, 1.807) is 38.5 Å². The Kier molecular flexibility index (Phi) is 4.73. The number of carbonyl (C=O) groups is 1. The second kappa shape index (κ2) is 6.72. The summed E-state index contributed by atoms with van der Waals surface area (Å²) >= 11 is 0. The van der Waals surface area contributed by atoms with Crippen molar-refractivity contribution in [2.45, 2.75) is 13.2 Å². The van der Waals surface area contributed by atoms with E-state index in [1.807, 2.05) is 0 Å². The van der Waals surface area contributed by atoms with Gasteiger partial charge in [0.2, 0.25) is 0 Å². The molecule has 2 aromatic rings. The van der Waals surface area contributed by atoms with Crippen LogP contribution in [0.15, 0.2) is 28.8 Å². The van der Waals surface area contributed by atoms with Crippen molar-refractivity contribution in [1.82, 2.24) is 5.16 Å². The van der Waals surface area contributed by atoms with E-state index < -0.39 is 0 Å². The Bertz CT molecular complexity index is 579. The molecule has 0 aliphatic rings. The second-order valence-corrected chi connectivity index (χ2v) is 4.03. The largest absolute Gasteiger partial charge is 0.497 e. The number of hydrogen-bond acceptors (Lipinski definition) is 6. The lowest BCUT2D eigenvalue weighted by Gasteiger charge is -2.08. The molecule has 1 aromatic heterocycles. The number of aldehydes is 1. The Morgan fingerprint density at radius 2 is 2.10 bits per heavy atom. The molecular weight excluding hydrogens is 262 g/mol. The highest BCUT2D eigenvalue weighted by Gasteiger charge is 2.08. The van der Waals surface area contributed by atoms with E-state index in [0.29, 0.717) is 35.1 Å². The molecule has 0 N–H and O–H groups in total. The third-order valence-electron chi connectivity index (χ3n) is 2.62. The maximum atomic E-state index is 11.0. The smallest absolute Gasteiger partial charge is 0.162 e. The molecule has 0 aliphatic heterocycles. The van der Waals surface area contributed by atoms with Crippen LogP contribution in [0.25, 0.3) is 0 Å². The standard InChI is InChI=1S/C14H15NO5/c1-17-9-13-5-11(15-20-13)8-19-14-6-12(18-2)4-3-10(14)7-16/h3-7H,8-9H2,1-2H3. The van der Waals surface area contributed by atoms with Gasteiger partial charge >= 0.3 is 0 Å². The number of hydrogen-bond donors (Lipinski definition) is 0. The Morgan fingerprint density at radius 1 is 1.25 bits per heavy atom. The first-order valence-corrected chi connectivity index (χ1v) is 5.96. The molecule has 0 amide bonds. The summed E-state index contributed by atoms with van der Waals surface area (Å²) in [5, 5.41) is 3.85. The Hall–Kier alpha value is -2.34. The Balaban J connectivity index is 2.06. The fourth-order valence-electron chi connectivity index (χ4n) is 1.65. The summed E-state index contributed by atoms with van der Waals surface area (Å²) < 4.78 is 20.6. The maximum Gasteiger partial charge on any atom is 0.162 e. The third kappa shape index (κ3) is 3.36. The molecule has 6 heteroatoms. The van der Waals surface area contributed by atoms with Gasteiger partial charge in [0.05, 0.1) is 12.7 Å². The van der Waals surface area contributed by atoms with Crippen molar-refractivity contribution in [2.75, 3.05) is 14.2 Å². The van der Waals surface area contributed by atoms with Gasteiger partial charge in [-0.15, -0.1) is 0 Å². The minimum absolute atomic E-state index is 0.196. The number of methoxy groups -OCH3 is 2. The van der Waals surface area contributed by atoms with Gasteiger partial charge in [-0.05, 0) is 12.1 Å². The van der Waals surface area contributed by atoms with Crippen molar-refractivity contribution >= 4 is 6.29 Å². The lowest BCUT2D eigenvalue weighted by Crippen LogP contribution is -1.99.